The van der Waals surface area contributed by atoms with Crippen LogP contribution in [0.3, 0.4) is 0 Å². The summed E-state index contributed by atoms with van der Waals surface area (Å²) in [5, 5.41) is 2.44. The average Bonchev–Trinajstić information content (AvgIpc) is 2.92. The number of hydrogen-bond acceptors (Lipinski definition) is 4. The summed E-state index contributed by atoms with van der Waals surface area (Å²) in [7, 11) is 1.50. The summed E-state index contributed by atoms with van der Waals surface area (Å²) in [6, 6.07) is 0. The number of allylic oxidation sites excluding steroid dienone is 2. The second-order valence-corrected chi connectivity index (χ2v) is 7.82. The van der Waals surface area contributed by atoms with Crippen LogP contribution in [0.4, 0.5) is 0 Å². The van der Waals surface area contributed by atoms with Crippen molar-refractivity contribution in [2.24, 2.45) is 34.5 Å². The molecule has 3 fully saturated rings. The lowest BCUT2D eigenvalue weighted by Gasteiger charge is -2.61. The SMILES string of the molecule is CC1=C(C)C2(C)C3C(=O)NC(=O)C3C1(C)C1C(=O)N(C)C(=O)C12. The van der Waals surface area contributed by atoms with Gasteiger partial charge in [-0.15, -0.1) is 0 Å². The Morgan fingerprint density at radius 1 is 0.783 bits per heavy atom. The van der Waals surface area contributed by atoms with Crippen LogP contribution in [0.15, 0.2) is 11.1 Å². The van der Waals surface area contributed by atoms with E-state index in [0.29, 0.717) is 0 Å². The van der Waals surface area contributed by atoms with Crippen molar-refractivity contribution in [1.82, 2.24) is 10.2 Å². The maximum Gasteiger partial charge on any atom is 0.233 e. The molecule has 3 aliphatic carbocycles. The number of carbonyl (C=O) groups excluding carboxylic acids is 4. The van der Waals surface area contributed by atoms with E-state index in [1.165, 1.54) is 11.9 Å². The van der Waals surface area contributed by atoms with Crippen molar-refractivity contribution in [3.8, 4) is 0 Å². The molecule has 6 heteroatoms. The van der Waals surface area contributed by atoms with Crippen LogP contribution in [-0.4, -0.2) is 35.6 Å². The van der Waals surface area contributed by atoms with Crippen molar-refractivity contribution in [3.63, 3.8) is 0 Å². The first-order valence-electron chi connectivity index (χ1n) is 7.94. The highest BCUT2D eigenvalue weighted by Crippen LogP contribution is 2.71. The van der Waals surface area contributed by atoms with Gasteiger partial charge in [0.25, 0.3) is 0 Å². The number of amides is 4. The smallest absolute Gasteiger partial charge is 0.233 e. The molecule has 2 heterocycles. The van der Waals surface area contributed by atoms with Crippen molar-refractivity contribution in [2.45, 2.75) is 27.7 Å². The van der Waals surface area contributed by atoms with E-state index in [1.807, 2.05) is 27.7 Å². The van der Waals surface area contributed by atoms with Crippen LogP contribution >= 0.6 is 0 Å². The van der Waals surface area contributed by atoms with Crippen LogP contribution in [0.1, 0.15) is 27.7 Å². The van der Waals surface area contributed by atoms with Crippen molar-refractivity contribution in [1.29, 1.82) is 0 Å². The fraction of sp³-hybridized carbons (Fsp3) is 0.647. The molecule has 23 heavy (non-hydrogen) atoms. The molecule has 2 saturated heterocycles. The minimum Gasteiger partial charge on any atom is -0.296 e. The summed E-state index contributed by atoms with van der Waals surface area (Å²) in [6.07, 6.45) is 0. The van der Waals surface area contributed by atoms with Crippen LogP contribution in [0.2, 0.25) is 0 Å². The summed E-state index contributed by atoms with van der Waals surface area (Å²) < 4.78 is 0. The third-order valence-corrected chi connectivity index (χ3v) is 7.43. The summed E-state index contributed by atoms with van der Waals surface area (Å²) in [5.41, 5.74) is 0.378. The largest absolute Gasteiger partial charge is 0.296 e. The molecule has 2 aliphatic heterocycles. The van der Waals surface area contributed by atoms with E-state index in [9.17, 15) is 19.2 Å². The summed E-state index contributed by atoms with van der Waals surface area (Å²) in [4.78, 5) is 51.8. The monoisotopic (exact) mass is 316 g/mol. The van der Waals surface area contributed by atoms with Crippen LogP contribution in [0.25, 0.3) is 0 Å². The van der Waals surface area contributed by atoms with Crippen molar-refractivity contribution in [2.75, 3.05) is 7.05 Å². The van der Waals surface area contributed by atoms with E-state index in [4.69, 9.17) is 0 Å². The maximum absolute atomic E-state index is 12.8. The molecule has 0 aromatic heterocycles. The number of hydrogen-bond donors (Lipinski definition) is 1. The van der Waals surface area contributed by atoms with Crippen LogP contribution in [-0.2, 0) is 19.2 Å². The van der Waals surface area contributed by atoms with Gasteiger partial charge in [-0.3, -0.25) is 29.4 Å². The summed E-state index contributed by atoms with van der Waals surface area (Å²) >= 11 is 0. The van der Waals surface area contributed by atoms with Gasteiger partial charge in [0.2, 0.25) is 23.6 Å². The van der Waals surface area contributed by atoms with Crippen molar-refractivity contribution >= 4 is 23.6 Å². The van der Waals surface area contributed by atoms with E-state index >= 15 is 0 Å². The molecule has 1 N–H and O–H groups in total. The number of likely N-dealkylation sites (tertiary alicyclic amines) is 1. The Bertz CT molecular complexity index is 694. The minimum atomic E-state index is -0.787. The zero-order chi connectivity index (χ0) is 17.1. The lowest BCUT2D eigenvalue weighted by Crippen LogP contribution is -2.64. The highest BCUT2D eigenvalue weighted by Gasteiger charge is 2.77. The molecule has 6 atom stereocenters. The standard InChI is InChI=1S/C17H20N2O4/c1-6-7(2)17(4)9-8(12(20)18-13(9)21)16(6,3)10-11(17)15(23)19(5)14(10)22/h8-11H,1-5H3,(H,18,20,21). The second kappa shape index (κ2) is 3.74. The Labute approximate surface area is 134 Å². The topological polar surface area (TPSA) is 83.6 Å². The van der Waals surface area contributed by atoms with Gasteiger partial charge in [-0.25, -0.2) is 0 Å². The fourth-order valence-electron chi connectivity index (χ4n) is 5.96. The number of imide groups is 2. The van der Waals surface area contributed by atoms with Gasteiger partial charge in [-0.2, -0.15) is 0 Å². The fourth-order valence-corrected chi connectivity index (χ4v) is 5.96. The van der Waals surface area contributed by atoms with E-state index in [0.717, 1.165) is 11.1 Å². The van der Waals surface area contributed by atoms with Gasteiger partial charge in [0, 0.05) is 17.9 Å². The first-order chi connectivity index (χ1) is 10.6. The Morgan fingerprint density at radius 2 is 1.13 bits per heavy atom. The van der Waals surface area contributed by atoms with Gasteiger partial charge >= 0.3 is 0 Å². The molecule has 0 aromatic rings. The van der Waals surface area contributed by atoms with Gasteiger partial charge < -0.3 is 0 Å². The summed E-state index contributed by atoms with van der Waals surface area (Å²) in [6.45, 7) is 7.63. The van der Waals surface area contributed by atoms with Gasteiger partial charge in [0.1, 0.15) is 0 Å². The van der Waals surface area contributed by atoms with Crippen molar-refractivity contribution < 1.29 is 19.2 Å². The minimum absolute atomic E-state index is 0.230. The zero-order valence-electron chi connectivity index (χ0n) is 13.9. The molecule has 6 unspecified atom stereocenters. The average molecular weight is 316 g/mol. The zero-order valence-corrected chi connectivity index (χ0v) is 13.9. The molecule has 6 nitrogen and oxygen atoms in total. The second-order valence-electron chi connectivity index (χ2n) is 7.82. The first-order valence-corrected chi connectivity index (χ1v) is 7.94. The number of rotatable bonds is 0. The van der Waals surface area contributed by atoms with Crippen molar-refractivity contribution in [3.05, 3.63) is 11.1 Å². The predicted molar refractivity (Wildman–Crippen MR) is 79.5 cm³/mol. The molecular weight excluding hydrogens is 296 g/mol. The Morgan fingerprint density at radius 3 is 1.48 bits per heavy atom. The quantitative estimate of drug-likeness (QED) is 0.520. The Balaban J connectivity index is 2.09. The van der Waals surface area contributed by atoms with Crippen LogP contribution < -0.4 is 5.32 Å². The summed E-state index contributed by atoms with van der Waals surface area (Å²) in [5.74, 6) is -3.36. The molecule has 122 valence electrons. The highest BCUT2D eigenvalue weighted by molar-refractivity contribution is 6.12. The first kappa shape index (κ1) is 14.6. The molecule has 0 spiro atoms. The molecule has 2 bridgehead atoms. The number of nitrogens with zero attached hydrogens (tertiary/aromatic N) is 1. The van der Waals surface area contributed by atoms with E-state index in [2.05, 4.69) is 5.32 Å². The maximum atomic E-state index is 12.8. The third-order valence-electron chi connectivity index (χ3n) is 7.43. The van der Waals surface area contributed by atoms with E-state index in [-0.39, 0.29) is 23.6 Å². The molecule has 0 aromatic carbocycles. The molecule has 0 radical (unpaired) electrons. The normalized spacial score (nSPS) is 48.1. The van der Waals surface area contributed by atoms with Crippen LogP contribution in [0, 0.1) is 34.5 Å². The van der Waals surface area contributed by atoms with Gasteiger partial charge in [-0.1, -0.05) is 25.0 Å². The molecule has 1 saturated carbocycles. The molecule has 4 amide bonds. The van der Waals surface area contributed by atoms with E-state index in [1.54, 1.807) is 0 Å². The Kier molecular flexibility index (Phi) is 2.37. The van der Waals surface area contributed by atoms with Gasteiger partial charge in [-0.05, 0) is 13.8 Å². The van der Waals surface area contributed by atoms with E-state index < -0.39 is 34.5 Å². The predicted octanol–water partition coefficient (Wildman–Crippen LogP) is 0.482. The number of carbonyl (C=O) groups is 4. The lowest BCUT2D eigenvalue weighted by atomic mass is 9.38. The van der Waals surface area contributed by atoms with Gasteiger partial charge in [0.05, 0.1) is 23.7 Å². The molecule has 5 aliphatic rings. The highest BCUT2D eigenvalue weighted by atomic mass is 16.2. The van der Waals surface area contributed by atoms with Crippen LogP contribution in [0.5, 0.6) is 0 Å². The molecular formula is C17H20N2O4. The number of nitrogens with one attached hydrogen (secondary N) is 1. The Hall–Kier alpha value is -1.98. The lowest BCUT2D eigenvalue weighted by molar-refractivity contribution is -0.158. The molecule has 5 rings (SSSR count). The van der Waals surface area contributed by atoms with Gasteiger partial charge in [0.15, 0.2) is 0 Å². The third kappa shape index (κ3) is 1.19.